The van der Waals surface area contributed by atoms with Gasteiger partial charge in [-0.1, -0.05) is 0 Å². The monoisotopic (exact) mass is 469 g/mol. The number of aromatic nitrogens is 4. The number of hydrogen-bond acceptors (Lipinski definition) is 10. The zero-order chi connectivity index (χ0) is 23.9. The fourth-order valence-corrected chi connectivity index (χ4v) is 3.77. The highest BCUT2D eigenvalue weighted by Crippen LogP contribution is 2.37. The third-order valence-electron chi connectivity index (χ3n) is 5.47. The average Bonchev–Trinajstić information content (AvgIpc) is 3.05. The number of aliphatic hydroxyl groups is 1. The van der Waals surface area contributed by atoms with Crippen LogP contribution < -0.4 is 15.5 Å². The Labute approximate surface area is 186 Å². The molecule has 3 N–H and O–H groups in total. The molecule has 0 saturated carbocycles. The number of aliphatic hydroxyl groups excluding tert-OH is 1. The molecule has 3 atom stereocenters. The molecule has 1 amide bonds. The summed E-state index contributed by atoms with van der Waals surface area (Å²) in [6, 6.07) is 0.255. The van der Waals surface area contributed by atoms with E-state index in [2.05, 4.69) is 19.9 Å². The van der Waals surface area contributed by atoms with Gasteiger partial charge in [0.25, 0.3) is 0 Å². The summed E-state index contributed by atoms with van der Waals surface area (Å²) in [5, 5.41) is 9.79. The van der Waals surface area contributed by atoms with E-state index in [9.17, 15) is 23.1 Å². The molecule has 2 aliphatic rings. The third kappa shape index (κ3) is 4.35. The number of alkyl halides is 3. The van der Waals surface area contributed by atoms with Gasteiger partial charge >= 0.3 is 12.3 Å². The van der Waals surface area contributed by atoms with Gasteiger partial charge in [-0.15, -0.1) is 0 Å². The van der Waals surface area contributed by atoms with Gasteiger partial charge in [-0.05, 0) is 13.8 Å². The first-order valence-corrected chi connectivity index (χ1v) is 10.1. The Bertz CT molecular complexity index is 1050. The van der Waals surface area contributed by atoms with E-state index in [-0.39, 0.29) is 23.5 Å². The molecule has 2 aliphatic heterocycles. The van der Waals surface area contributed by atoms with Crippen LogP contribution in [0.5, 0.6) is 0 Å². The second-order valence-electron chi connectivity index (χ2n) is 7.73. The molecule has 4 heterocycles. The minimum atomic E-state index is -4.83. The van der Waals surface area contributed by atoms with E-state index in [0.29, 0.717) is 19.8 Å². The van der Waals surface area contributed by atoms with Crippen LogP contribution in [0.25, 0.3) is 11.3 Å². The number of cyclic esters (lactones) is 1. The number of ether oxygens (including phenoxy) is 2. The number of carbonyl (C=O) groups excluding carboxylic acids is 1. The van der Waals surface area contributed by atoms with E-state index < -0.39 is 48.2 Å². The van der Waals surface area contributed by atoms with E-state index in [1.165, 1.54) is 6.07 Å². The smallest absolute Gasteiger partial charge is 0.434 e. The van der Waals surface area contributed by atoms with Crippen LogP contribution in [0.3, 0.4) is 0 Å². The first kappa shape index (κ1) is 22.9. The van der Waals surface area contributed by atoms with Gasteiger partial charge in [-0.2, -0.15) is 18.2 Å². The molecule has 2 saturated heterocycles. The summed E-state index contributed by atoms with van der Waals surface area (Å²) in [5.74, 6) is -0.473. The molecule has 2 aromatic heterocycles. The standard InChI is InChI=1S/C19H22F3N7O4/c1-9-8-32-4-3-28(9)17-25-12(11-6-24-16(23)27-15(11)19(20,21)22)5-14(26-17)29-13(7-30)10(2)33-18(29)31/h5-6,9-10,13,30H,3-4,7-8H2,1-2H3,(H2,23,24,27). The normalized spacial score (nSPS) is 23.7. The highest BCUT2D eigenvalue weighted by Gasteiger charge is 2.42. The van der Waals surface area contributed by atoms with Crippen LogP contribution in [-0.2, 0) is 15.7 Å². The molecular formula is C19H22F3N7O4. The lowest BCUT2D eigenvalue weighted by molar-refractivity contribution is -0.140. The van der Waals surface area contributed by atoms with Crippen molar-refractivity contribution >= 4 is 23.8 Å². The number of nitrogen functional groups attached to an aromatic ring is 1. The lowest BCUT2D eigenvalue weighted by Gasteiger charge is -2.34. The highest BCUT2D eigenvalue weighted by atomic mass is 19.4. The molecule has 2 fully saturated rings. The Kier molecular flexibility index (Phi) is 5.97. The van der Waals surface area contributed by atoms with Crippen molar-refractivity contribution < 1.29 is 32.5 Å². The van der Waals surface area contributed by atoms with Crippen LogP contribution in [-0.4, -0.2) is 75.7 Å². The van der Waals surface area contributed by atoms with Gasteiger partial charge in [0.15, 0.2) is 5.69 Å². The van der Waals surface area contributed by atoms with Crippen LogP contribution in [0.4, 0.5) is 35.7 Å². The van der Waals surface area contributed by atoms with Crippen molar-refractivity contribution in [3.05, 3.63) is 18.0 Å². The van der Waals surface area contributed by atoms with Crippen LogP contribution in [0.1, 0.15) is 19.5 Å². The van der Waals surface area contributed by atoms with E-state index in [1.807, 2.05) is 6.92 Å². The SMILES string of the molecule is CC1OC(=O)N(c2cc(-c3cnc(N)nc3C(F)(F)F)nc(N3CCOCC3C)n2)C1CO. The summed E-state index contributed by atoms with van der Waals surface area (Å²) in [4.78, 5) is 31.2. The van der Waals surface area contributed by atoms with Gasteiger partial charge in [0.2, 0.25) is 11.9 Å². The molecule has 33 heavy (non-hydrogen) atoms. The molecule has 0 aliphatic carbocycles. The Morgan fingerprint density at radius 1 is 1.27 bits per heavy atom. The Hall–Kier alpha value is -3.26. The van der Waals surface area contributed by atoms with E-state index in [1.54, 1.807) is 11.8 Å². The number of nitrogens with zero attached hydrogens (tertiary/aromatic N) is 6. The van der Waals surface area contributed by atoms with Gasteiger partial charge < -0.3 is 25.2 Å². The predicted octanol–water partition coefficient (Wildman–Crippen LogP) is 1.47. The summed E-state index contributed by atoms with van der Waals surface area (Å²) >= 11 is 0. The lowest BCUT2D eigenvalue weighted by atomic mass is 10.1. The first-order chi connectivity index (χ1) is 15.6. The van der Waals surface area contributed by atoms with Crippen LogP contribution in [0.2, 0.25) is 0 Å². The van der Waals surface area contributed by atoms with Crippen molar-refractivity contribution in [3.8, 4) is 11.3 Å². The first-order valence-electron chi connectivity index (χ1n) is 10.1. The van der Waals surface area contributed by atoms with Crippen molar-refractivity contribution in [1.82, 2.24) is 19.9 Å². The lowest BCUT2D eigenvalue weighted by Crippen LogP contribution is -2.45. The largest absolute Gasteiger partial charge is 0.444 e. The van der Waals surface area contributed by atoms with Crippen molar-refractivity contribution in [2.45, 2.75) is 38.2 Å². The fraction of sp³-hybridized carbons (Fsp3) is 0.526. The highest BCUT2D eigenvalue weighted by molar-refractivity contribution is 5.90. The molecule has 0 aromatic carbocycles. The zero-order valence-electron chi connectivity index (χ0n) is 17.8. The minimum Gasteiger partial charge on any atom is -0.444 e. The summed E-state index contributed by atoms with van der Waals surface area (Å²) in [6.45, 7) is 4.14. The number of hydrogen-bond donors (Lipinski definition) is 2. The molecule has 178 valence electrons. The number of rotatable bonds is 4. The summed E-state index contributed by atoms with van der Waals surface area (Å²) in [5.41, 5.74) is 3.54. The molecular weight excluding hydrogens is 447 g/mol. The molecule has 0 spiro atoms. The zero-order valence-corrected chi connectivity index (χ0v) is 17.8. The number of amides is 1. The van der Waals surface area contributed by atoms with E-state index in [4.69, 9.17) is 15.2 Å². The van der Waals surface area contributed by atoms with Crippen molar-refractivity contribution in [2.24, 2.45) is 0 Å². The molecule has 11 nitrogen and oxygen atoms in total. The van der Waals surface area contributed by atoms with E-state index in [0.717, 1.165) is 11.1 Å². The quantitative estimate of drug-likeness (QED) is 0.676. The van der Waals surface area contributed by atoms with Gasteiger partial charge in [-0.25, -0.2) is 19.7 Å². The number of halogens is 3. The number of morpholine rings is 1. The molecule has 0 bridgehead atoms. The average molecular weight is 469 g/mol. The summed E-state index contributed by atoms with van der Waals surface area (Å²) in [7, 11) is 0. The second-order valence-corrected chi connectivity index (χ2v) is 7.73. The Morgan fingerprint density at radius 2 is 2.03 bits per heavy atom. The molecule has 14 heteroatoms. The predicted molar refractivity (Wildman–Crippen MR) is 109 cm³/mol. The van der Waals surface area contributed by atoms with Crippen LogP contribution in [0.15, 0.2) is 12.3 Å². The maximum atomic E-state index is 13.7. The molecule has 4 rings (SSSR count). The van der Waals surface area contributed by atoms with Crippen LogP contribution in [0, 0.1) is 0 Å². The summed E-state index contributed by atoms with van der Waals surface area (Å²) in [6.07, 6.45) is -5.34. The summed E-state index contributed by atoms with van der Waals surface area (Å²) < 4.78 is 51.8. The van der Waals surface area contributed by atoms with Gasteiger partial charge in [0.1, 0.15) is 18.0 Å². The number of carbonyl (C=O) groups is 1. The number of nitrogens with two attached hydrogens (primary N) is 1. The van der Waals surface area contributed by atoms with Gasteiger partial charge in [0, 0.05) is 24.4 Å². The third-order valence-corrected chi connectivity index (χ3v) is 5.47. The Morgan fingerprint density at radius 3 is 2.70 bits per heavy atom. The maximum Gasteiger partial charge on any atom is 0.434 e. The molecule has 3 unspecified atom stereocenters. The Balaban J connectivity index is 1.91. The van der Waals surface area contributed by atoms with Gasteiger partial charge in [-0.3, -0.25) is 4.90 Å². The molecule has 0 radical (unpaired) electrons. The van der Waals surface area contributed by atoms with Crippen molar-refractivity contribution in [1.29, 1.82) is 0 Å². The van der Waals surface area contributed by atoms with E-state index >= 15 is 0 Å². The molecule has 2 aromatic rings. The van der Waals surface area contributed by atoms with Gasteiger partial charge in [0.05, 0.1) is 31.6 Å². The fourth-order valence-electron chi connectivity index (χ4n) is 3.77. The minimum absolute atomic E-state index is 0.0213. The maximum absolute atomic E-state index is 13.7. The van der Waals surface area contributed by atoms with Crippen LogP contribution >= 0.6 is 0 Å². The van der Waals surface area contributed by atoms with Crippen molar-refractivity contribution in [3.63, 3.8) is 0 Å². The topological polar surface area (TPSA) is 140 Å². The second kappa shape index (κ2) is 8.59. The number of anilines is 3. The van der Waals surface area contributed by atoms with Crippen molar-refractivity contribution in [2.75, 3.05) is 41.9 Å².